The summed E-state index contributed by atoms with van der Waals surface area (Å²) in [6.45, 7) is 1.65. The number of hydrogen-bond acceptors (Lipinski definition) is 2. The number of nitrogens with zero attached hydrogens (tertiary/aromatic N) is 1. The Labute approximate surface area is 158 Å². The number of benzene rings is 2. The van der Waals surface area contributed by atoms with Gasteiger partial charge in [0.1, 0.15) is 6.61 Å². The van der Waals surface area contributed by atoms with Gasteiger partial charge in [-0.05, 0) is 30.7 Å². The molecule has 0 aliphatic heterocycles. The zero-order chi connectivity index (χ0) is 18.6. The minimum atomic E-state index is -4.52. The largest absolute Gasteiger partial charge is 0.417 e. The van der Waals surface area contributed by atoms with Crippen LogP contribution >= 0.6 is 34.8 Å². The van der Waals surface area contributed by atoms with Crippen molar-refractivity contribution in [2.45, 2.75) is 26.1 Å². The highest BCUT2D eigenvalue weighted by atomic mass is 35.5. The Morgan fingerprint density at radius 3 is 2.48 bits per heavy atom. The first-order chi connectivity index (χ1) is 11.7. The van der Waals surface area contributed by atoms with E-state index in [-0.39, 0.29) is 29.3 Å². The average molecular weight is 411 g/mol. The average Bonchev–Trinajstić information content (AvgIpc) is 2.54. The molecule has 0 unspecified atom stereocenters. The highest BCUT2D eigenvalue weighted by molar-refractivity contribution is 6.42. The fraction of sp³-hybridized carbons (Fsp3) is 0.235. The molecule has 0 N–H and O–H groups in total. The molecule has 25 heavy (non-hydrogen) atoms. The second kappa shape index (κ2) is 8.30. The van der Waals surface area contributed by atoms with Gasteiger partial charge in [0.15, 0.2) is 0 Å². The third-order valence-electron chi connectivity index (χ3n) is 3.36. The van der Waals surface area contributed by atoms with Crippen molar-refractivity contribution in [3.8, 4) is 0 Å². The van der Waals surface area contributed by atoms with Crippen molar-refractivity contribution in [3.05, 3.63) is 68.2 Å². The molecule has 0 fully saturated rings. The van der Waals surface area contributed by atoms with E-state index < -0.39 is 11.7 Å². The van der Waals surface area contributed by atoms with E-state index in [9.17, 15) is 13.2 Å². The van der Waals surface area contributed by atoms with Crippen LogP contribution in [0.1, 0.15) is 30.0 Å². The highest BCUT2D eigenvalue weighted by Gasteiger charge is 2.34. The first kappa shape index (κ1) is 19.9. The zero-order valence-corrected chi connectivity index (χ0v) is 15.3. The standard InChI is InChI=1S/C17H13Cl3F3NO/c1-2-15(12-8-11(18)6-7-13(12)17(21,22)23)24-25-9-10-4-3-5-14(19)16(10)20/h3-8H,2,9H2,1H3. The van der Waals surface area contributed by atoms with Crippen LogP contribution in [0.3, 0.4) is 0 Å². The molecule has 2 nitrogen and oxygen atoms in total. The Balaban J connectivity index is 2.29. The van der Waals surface area contributed by atoms with Gasteiger partial charge in [-0.25, -0.2) is 0 Å². The van der Waals surface area contributed by atoms with E-state index in [0.717, 1.165) is 6.07 Å². The molecule has 0 spiro atoms. The van der Waals surface area contributed by atoms with Crippen molar-refractivity contribution in [2.24, 2.45) is 5.16 Å². The maximum Gasteiger partial charge on any atom is 0.417 e. The van der Waals surface area contributed by atoms with E-state index in [1.807, 2.05) is 0 Å². The van der Waals surface area contributed by atoms with Crippen LogP contribution in [0.2, 0.25) is 15.1 Å². The van der Waals surface area contributed by atoms with E-state index in [2.05, 4.69) is 5.16 Å². The summed E-state index contributed by atoms with van der Waals surface area (Å²) in [6, 6.07) is 8.34. The lowest BCUT2D eigenvalue weighted by Gasteiger charge is -2.14. The summed E-state index contributed by atoms with van der Waals surface area (Å²) < 4.78 is 39.6. The number of rotatable bonds is 5. The normalized spacial score (nSPS) is 12.4. The van der Waals surface area contributed by atoms with E-state index in [1.165, 1.54) is 12.1 Å². The molecule has 0 atom stereocenters. The quantitative estimate of drug-likeness (QED) is 0.384. The number of oxime groups is 1. The molecular formula is C17H13Cl3F3NO. The van der Waals surface area contributed by atoms with Crippen molar-refractivity contribution >= 4 is 40.5 Å². The molecule has 2 aromatic carbocycles. The summed E-state index contributed by atoms with van der Waals surface area (Å²) in [5, 5.41) is 4.71. The summed E-state index contributed by atoms with van der Waals surface area (Å²) >= 11 is 17.8. The highest BCUT2D eigenvalue weighted by Crippen LogP contribution is 2.34. The monoisotopic (exact) mass is 409 g/mol. The molecule has 0 aromatic heterocycles. The third-order valence-corrected chi connectivity index (χ3v) is 4.45. The fourth-order valence-corrected chi connectivity index (χ4v) is 2.69. The second-order valence-corrected chi connectivity index (χ2v) is 6.29. The van der Waals surface area contributed by atoms with E-state index in [1.54, 1.807) is 25.1 Å². The summed E-state index contributed by atoms with van der Waals surface area (Å²) in [5.41, 5.74) is -0.218. The Bertz CT molecular complexity index is 791. The number of alkyl halides is 3. The van der Waals surface area contributed by atoms with Gasteiger partial charge >= 0.3 is 6.18 Å². The molecule has 0 aliphatic carbocycles. The topological polar surface area (TPSA) is 21.6 Å². The van der Waals surface area contributed by atoms with E-state index >= 15 is 0 Å². The predicted molar refractivity (Wildman–Crippen MR) is 94.5 cm³/mol. The summed E-state index contributed by atoms with van der Waals surface area (Å²) in [4.78, 5) is 5.20. The van der Waals surface area contributed by atoms with Gasteiger partial charge < -0.3 is 4.84 Å². The van der Waals surface area contributed by atoms with Crippen molar-refractivity contribution < 1.29 is 18.0 Å². The summed E-state index contributed by atoms with van der Waals surface area (Å²) in [5.74, 6) is 0. The molecule has 0 aliphatic rings. The van der Waals surface area contributed by atoms with Crippen LogP contribution in [0.5, 0.6) is 0 Å². The van der Waals surface area contributed by atoms with Crippen LogP contribution in [0.15, 0.2) is 41.6 Å². The zero-order valence-electron chi connectivity index (χ0n) is 13.0. The molecule has 2 rings (SSSR count). The molecule has 0 amide bonds. The van der Waals surface area contributed by atoms with Gasteiger partial charge in [-0.3, -0.25) is 0 Å². The lowest BCUT2D eigenvalue weighted by molar-refractivity contribution is -0.137. The Kier molecular flexibility index (Phi) is 6.60. The van der Waals surface area contributed by atoms with Crippen LogP contribution in [0.25, 0.3) is 0 Å². The first-order valence-electron chi connectivity index (χ1n) is 7.23. The maximum absolute atomic E-state index is 13.2. The van der Waals surface area contributed by atoms with Crippen LogP contribution < -0.4 is 0 Å². The van der Waals surface area contributed by atoms with Crippen LogP contribution in [0.4, 0.5) is 13.2 Å². The smallest absolute Gasteiger partial charge is 0.391 e. The van der Waals surface area contributed by atoms with Gasteiger partial charge in [0.25, 0.3) is 0 Å². The van der Waals surface area contributed by atoms with Gasteiger partial charge in [-0.2, -0.15) is 13.2 Å². The molecule has 0 saturated heterocycles. The van der Waals surface area contributed by atoms with Crippen molar-refractivity contribution in [3.63, 3.8) is 0 Å². The second-order valence-electron chi connectivity index (χ2n) is 5.07. The van der Waals surface area contributed by atoms with Gasteiger partial charge in [-0.1, -0.05) is 59.0 Å². The van der Waals surface area contributed by atoms with Crippen LogP contribution in [-0.4, -0.2) is 5.71 Å². The summed E-state index contributed by atoms with van der Waals surface area (Å²) in [7, 11) is 0. The molecule has 0 radical (unpaired) electrons. The minimum Gasteiger partial charge on any atom is -0.391 e. The number of hydrogen-bond donors (Lipinski definition) is 0. The Hall–Kier alpha value is -1.43. The molecular weight excluding hydrogens is 398 g/mol. The SMILES string of the molecule is CCC(=NOCc1cccc(Cl)c1Cl)c1cc(Cl)ccc1C(F)(F)F. The van der Waals surface area contributed by atoms with Gasteiger partial charge in [0.2, 0.25) is 0 Å². The van der Waals surface area contributed by atoms with E-state index in [0.29, 0.717) is 15.6 Å². The van der Waals surface area contributed by atoms with E-state index in [4.69, 9.17) is 39.6 Å². The molecule has 8 heteroatoms. The first-order valence-corrected chi connectivity index (χ1v) is 8.36. The minimum absolute atomic E-state index is 0.0230. The molecule has 0 heterocycles. The Morgan fingerprint density at radius 2 is 1.84 bits per heavy atom. The Morgan fingerprint density at radius 1 is 1.12 bits per heavy atom. The molecule has 0 bridgehead atoms. The summed E-state index contributed by atoms with van der Waals surface area (Å²) in [6.07, 6.45) is -4.29. The maximum atomic E-state index is 13.2. The molecule has 0 saturated carbocycles. The molecule has 134 valence electrons. The predicted octanol–water partition coefficient (Wildman–Crippen LogP) is 7.00. The fourth-order valence-electron chi connectivity index (χ4n) is 2.15. The lowest BCUT2D eigenvalue weighted by Crippen LogP contribution is -2.13. The number of halogens is 6. The lowest BCUT2D eigenvalue weighted by atomic mass is 10.0. The van der Waals surface area contributed by atoms with Gasteiger partial charge in [0, 0.05) is 16.1 Å². The third kappa shape index (κ3) is 5.03. The van der Waals surface area contributed by atoms with Crippen molar-refractivity contribution in [1.82, 2.24) is 0 Å². The van der Waals surface area contributed by atoms with Gasteiger partial charge in [0.05, 0.1) is 21.3 Å². The van der Waals surface area contributed by atoms with Crippen molar-refractivity contribution in [1.29, 1.82) is 0 Å². The van der Waals surface area contributed by atoms with Crippen LogP contribution in [-0.2, 0) is 17.6 Å². The molecule has 2 aromatic rings. The van der Waals surface area contributed by atoms with Crippen LogP contribution in [0, 0.1) is 0 Å². The van der Waals surface area contributed by atoms with Gasteiger partial charge in [-0.15, -0.1) is 0 Å². The van der Waals surface area contributed by atoms with Crippen molar-refractivity contribution in [2.75, 3.05) is 0 Å².